The molecule has 1 aliphatic heterocycles. The van der Waals surface area contributed by atoms with Crippen LogP contribution in [0, 0.1) is 0 Å². The SMILES string of the molecule is COCCN(CCOC)C(=O)C1(C)CCCCN1. The second kappa shape index (κ2) is 7.71. The predicted octanol–water partition coefficient (Wildman–Crippen LogP) is 0.640. The molecule has 106 valence electrons. The molecule has 1 saturated heterocycles. The first kappa shape index (κ1) is 15.4. The third kappa shape index (κ3) is 4.23. The van der Waals surface area contributed by atoms with Crippen LogP contribution in [-0.4, -0.2) is 63.4 Å². The molecule has 0 aromatic rings. The summed E-state index contributed by atoms with van der Waals surface area (Å²) < 4.78 is 10.1. The van der Waals surface area contributed by atoms with E-state index in [9.17, 15) is 4.79 Å². The summed E-state index contributed by atoms with van der Waals surface area (Å²) in [7, 11) is 3.30. The molecule has 1 amide bonds. The quantitative estimate of drug-likeness (QED) is 0.728. The first-order valence-electron chi connectivity index (χ1n) is 6.66. The third-order valence-electron chi connectivity index (χ3n) is 3.51. The molecule has 0 spiro atoms. The minimum atomic E-state index is -0.417. The molecule has 1 N–H and O–H groups in total. The molecule has 1 aliphatic rings. The average Bonchev–Trinajstić information content (AvgIpc) is 2.39. The van der Waals surface area contributed by atoms with E-state index in [4.69, 9.17) is 9.47 Å². The molecule has 0 radical (unpaired) electrons. The molecule has 0 aromatic heterocycles. The van der Waals surface area contributed by atoms with Gasteiger partial charge in [0.1, 0.15) is 0 Å². The lowest BCUT2D eigenvalue weighted by Crippen LogP contribution is -2.58. The number of piperidine rings is 1. The molecule has 1 heterocycles. The monoisotopic (exact) mass is 258 g/mol. The number of hydrogen-bond acceptors (Lipinski definition) is 4. The van der Waals surface area contributed by atoms with Gasteiger partial charge in [0.15, 0.2) is 0 Å². The van der Waals surface area contributed by atoms with Gasteiger partial charge in [0, 0.05) is 27.3 Å². The number of nitrogens with one attached hydrogen (secondary N) is 1. The van der Waals surface area contributed by atoms with Crippen LogP contribution in [0.15, 0.2) is 0 Å². The van der Waals surface area contributed by atoms with Crippen LogP contribution >= 0.6 is 0 Å². The lowest BCUT2D eigenvalue weighted by Gasteiger charge is -2.38. The first-order valence-corrected chi connectivity index (χ1v) is 6.66. The van der Waals surface area contributed by atoms with Gasteiger partial charge in [-0.05, 0) is 32.7 Å². The van der Waals surface area contributed by atoms with Crippen LogP contribution in [0.25, 0.3) is 0 Å². The van der Waals surface area contributed by atoms with Crippen molar-refractivity contribution in [3.05, 3.63) is 0 Å². The van der Waals surface area contributed by atoms with Gasteiger partial charge in [0.25, 0.3) is 0 Å². The Hall–Kier alpha value is -0.650. The van der Waals surface area contributed by atoms with Crippen molar-refractivity contribution in [2.75, 3.05) is 47.1 Å². The maximum atomic E-state index is 12.6. The van der Waals surface area contributed by atoms with Crippen molar-refractivity contribution in [1.82, 2.24) is 10.2 Å². The molecule has 1 fully saturated rings. The minimum absolute atomic E-state index is 0.163. The third-order valence-corrected chi connectivity index (χ3v) is 3.51. The maximum Gasteiger partial charge on any atom is 0.242 e. The molecule has 1 unspecified atom stereocenters. The summed E-state index contributed by atoms with van der Waals surface area (Å²) in [6.07, 6.45) is 3.17. The molecule has 5 heteroatoms. The Morgan fingerprint density at radius 1 is 1.22 bits per heavy atom. The molecule has 0 aromatic carbocycles. The Morgan fingerprint density at radius 3 is 2.28 bits per heavy atom. The van der Waals surface area contributed by atoms with Gasteiger partial charge in [-0.3, -0.25) is 4.79 Å². The average molecular weight is 258 g/mol. The predicted molar refractivity (Wildman–Crippen MR) is 70.6 cm³/mol. The molecular formula is C13H26N2O3. The molecule has 1 atom stereocenters. The van der Waals surface area contributed by atoms with E-state index in [1.54, 1.807) is 14.2 Å². The van der Waals surface area contributed by atoms with Crippen molar-refractivity contribution in [1.29, 1.82) is 0 Å². The van der Waals surface area contributed by atoms with E-state index < -0.39 is 5.54 Å². The van der Waals surface area contributed by atoms with Gasteiger partial charge in [-0.1, -0.05) is 0 Å². The number of nitrogens with zero attached hydrogens (tertiary/aromatic N) is 1. The lowest BCUT2D eigenvalue weighted by atomic mass is 9.89. The summed E-state index contributed by atoms with van der Waals surface area (Å²) in [5.74, 6) is 0.163. The smallest absolute Gasteiger partial charge is 0.242 e. The second-order valence-electron chi connectivity index (χ2n) is 4.99. The highest BCUT2D eigenvalue weighted by Crippen LogP contribution is 2.21. The van der Waals surface area contributed by atoms with E-state index in [0.29, 0.717) is 26.3 Å². The van der Waals surface area contributed by atoms with Gasteiger partial charge < -0.3 is 19.7 Å². The van der Waals surface area contributed by atoms with E-state index in [1.165, 1.54) is 0 Å². The van der Waals surface area contributed by atoms with Crippen LogP contribution in [0.4, 0.5) is 0 Å². The van der Waals surface area contributed by atoms with Crippen molar-refractivity contribution < 1.29 is 14.3 Å². The summed E-state index contributed by atoms with van der Waals surface area (Å²) >= 11 is 0. The number of rotatable bonds is 7. The molecular weight excluding hydrogens is 232 g/mol. The number of methoxy groups -OCH3 is 2. The van der Waals surface area contributed by atoms with Crippen molar-refractivity contribution in [2.24, 2.45) is 0 Å². The highest BCUT2D eigenvalue weighted by molar-refractivity contribution is 5.86. The van der Waals surface area contributed by atoms with Gasteiger partial charge >= 0.3 is 0 Å². The zero-order valence-corrected chi connectivity index (χ0v) is 11.8. The molecule has 0 saturated carbocycles. The first-order chi connectivity index (χ1) is 8.64. The van der Waals surface area contributed by atoms with Crippen molar-refractivity contribution in [3.8, 4) is 0 Å². The lowest BCUT2D eigenvalue weighted by molar-refractivity contribution is -0.140. The van der Waals surface area contributed by atoms with Gasteiger partial charge in [0.2, 0.25) is 5.91 Å². The summed E-state index contributed by atoms with van der Waals surface area (Å²) in [5, 5.41) is 3.36. The fraction of sp³-hybridized carbons (Fsp3) is 0.923. The van der Waals surface area contributed by atoms with E-state index >= 15 is 0 Å². The standard InChI is InChI=1S/C13H26N2O3/c1-13(6-4-5-7-14-13)12(16)15(8-10-17-2)9-11-18-3/h14H,4-11H2,1-3H3. The molecule has 1 rings (SSSR count). The zero-order valence-electron chi connectivity index (χ0n) is 11.8. The van der Waals surface area contributed by atoms with Crippen molar-refractivity contribution >= 4 is 5.91 Å². The number of carbonyl (C=O) groups is 1. The Labute approximate surface area is 110 Å². The number of carbonyl (C=O) groups excluding carboxylic acids is 1. The summed E-state index contributed by atoms with van der Waals surface area (Å²) in [4.78, 5) is 14.4. The Kier molecular flexibility index (Phi) is 6.60. The number of ether oxygens (including phenoxy) is 2. The fourth-order valence-electron chi connectivity index (χ4n) is 2.31. The highest BCUT2D eigenvalue weighted by Gasteiger charge is 2.37. The van der Waals surface area contributed by atoms with Crippen LogP contribution in [0.2, 0.25) is 0 Å². The van der Waals surface area contributed by atoms with E-state index in [-0.39, 0.29) is 5.91 Å². The number of hydrogen-bond donors (Lipinski definition) is 1. The molecule has 0 aliphatic carbocycles. The van der Waals surface area contributed by atoms with Crippen LogP contribution in [-0.2, 0) is 14.3 Å². The Morgan fingerprint density at radius 2 is 1.83 bits per heavy atom. The Balaban J connectivity index is 2.60. The second-order valence-corrected chi connectivity index (χ2v) is 4.99. The van der Waals surface area contributed by atoms with Gasteiger partial charge in [-0.2, -0.15) is 0 Å². The topological polar surface area (TPSA) is 50.8 Å². The molecule has 18 heavy (non-hydrogen) atoms. The normalized spacial score (nSPS) is 23.9. The number of amides is 1. The van der Waals surface area contributed by atoms with Gasteiger partial charge in [-0.25, -0.2) is 0 Å². The van der Waals surface area contributed by atoms with E-state index in [0.717, 1.165) is 25.8 Å². The molecule has 5 nitrogen and oxygen atoms in total. The Bertz CT molecular complexity index is 245. The molecule has 0 bridgehead atoms. The summed E-state index contributed by atoms with van der Waals surface area (Å²) in [6.45, 7) is 5.29. The van der Waals surface area contributed by atoms with E-state index in [1.807, 2.05) is 11.8 Å². The minimum Gasteiger partial charge on any atom is -0.383 e. The van der Waals surface area contributed by atoms with Crippen molar-refractivity contribution in [2.45, 2.75) is 31.7 Å². The van der Waals surface area contributed by atoms with Gasteiger partial charge in [0.05, 0.1) is 18.8 Å². The summed E-state index contributed by atoms with van der Waals surface area (Å²) in [6, 6.07) is 0. The van der Waals surface area contributed by atoms with E-state index in [2.05, 4.69) is 5.32 Å². The van der Waals surface area contributed by atoms with Crippen LogP contribution in [0.5, 0.6) is 0 Å². The maximum absolute atomic E-state index is 12.6. The van der Waals surface area contributed by atoms with Crippen molar-refractivity contribution in [3.63, 3.8) is 0 Å². The zero-order chi connectivity index (χ0) is 13.4. The largest absolute Gasteiger partial charge is 0.383 e. The van der Waals surface area contributed by atoms with Crippen LogP contribution < -0.4 is 5.32 Å². The fourth-order valence-corrected chi connectivity index (χ4v) is 2.31. The van der Waals surface area contributed by atoms with Crippen LogP contribution in [0.3, 0.4) is 0 Å². The highest BCUT2D eigenvalue weighted by atomic mass is 16.5. The van der Waals surface area contributed by atoms with Gasteiger partial charge in [-0.15, -0.1) is 0 Å². The summed E-state index contributed by atoms with van der Waals surface area (Å²) in [5.41, 5.74) is -0.417. The van der Waals surface area contributed by atoms with Crippen LogP contribution in [0.1, 0.15) is 26.2 Å².